The van der Waals surface area contributed by atoms with E-state index in [1.165, 1.54) is 27.9 Å². The minimum Gasteiger partial charge on any atom is -0.361 e. The number of para-hydroxylation sites is 1. The molecule has 26 heavy (non-hydrogen) atoms. The zero-order chi connectivity index (χ0) is 18.5. The topological polar surface area (TPSA) is 34.6 Å². The number of allylic oxidation sites excluding steroid dienone is 1. The lowest BCUT2D eigenvalue weighted by Crippen LogP contribution is -2.29. The number of aliphatic imine (C=N–C) groups is 1. The Kier molecular flexibility index (Phi) is 6.15. The van der Waals surface area contributed by atoms with Crippen LogP contribution in [0.3, 0.4) is 0 Å². The number of benzene rings is 1. The molecule has 1 aromatic heterocycles. The van der Waals surface area contributed by atoms with Crippen LogP contribution in [-0.4, -0.2) is 47.4 Å². The van der Waals surface area contributed by atoms with E-state index in [-0.39, 0.29) is 0 Å². The molecule has 2 aromatic rings. The number of fused-ring (bicyclic) bond motifs is 1. The van der Waals surface area contributed by atoms with Gasteiger partial charge in [-0.05, 0) is 44.4 Å². The highest BCUT2D eigenvalue weighted by molar-refractivity contribution is 5.83. The standard InChI is InChI=1S/C22H32N4/c1-5-8-22(26-12-11-25(4)16-26)24-14-18(3)17(2)13-19-15-23-21-10-7-6-9-20(19)21/h6-7,9-10,14-15,17,23H,5,8,11-13,16H2,1-4H3/b18-14+,24-22?. The number of likely N-dealkylation sites (N-methyl/N-ethyl adjacent to an activating group) is 1. The van der Waals surface area contributed by atoms with Crippen molar-refractivity contribution in [3.8, 4) is 0 Å². The third-order valence-corrected chi connectivity index (χ3v) is 5.40. The Bertz CT molecular complexity index is 786. The fourth-order valence-corrected chi connectivity index (χ4v) is 3.56. The van der Waals surface area contributed by atoms with E-state index < -0.39 is 0 Å². The number of rotatable bonds is 6. The zero-order valence-corrected chi connectivity index (χ0v) is 16.6. The molecule has 0 radical (unpaired) electrons. The highest BCUT2D eigenvalue weighted by Gasteiger charge is 2.19. The summed E-state index contributed by atoms with van der Waals surface area (Å²) in [6.07, 6.45) is 7.48. The van der Waals surface area contributed by atoms with Gasteiger partial charge in [-0.3, -0.25) is 4.90 Å². The SMILES string of the molecule is CCCC(=N/C=C(\C)C(C)Cc1c[nH]c2ccccc12)N1CCN(C)C1. The van der Waals surface area contributed by atoms with Crippen molar-refractivity contribution in [2.75, 3.05) is 26.8 Å². The molecule has 0 saturated carbocycles. The van der Waals surface area contributed by atoms with Crippen LogP contribution in [0.4, 0.5) is 0 Å². The minimum absolute atomic E-state index is 0.474. The summed E-state index contributed by atoms with van der Waals surface area (Å²) in [6, 6.07) is 8.53. The van der Waals surface area contributed by atoms with Gasteiger partial charge in [0.05, 0.1) is 6.67 Å². The van der Waals surface area contributed by atoms with E-state index in [1.807, 2.05) is 0 Å². The van der Waals surface area contributed by atoms with Crippen LogP contribution in [0.1, 0.15) is 39.2 Å². The summed E-state index contributed by atoms with van der Waals surface area (Å²) in [5.41, 5.74) is 3.95. The van der Waals surface area contributed by atoms with Crippen molar-refractivity contribution in [3.63, 3.8) is 0 Å². The summed E-state index contributed by atoms with van der Waals surface area (Å²) in [4.78, 5) is 13.0. The van der Waals surface area contributed by atoms with E-state index >= 15 is 0 Å². The Morgan fingerprint density at radius 3 is 2.85 bits per heavy atom. The lowest BCUT2D eigenvalue weighted by molar-refractivity contribution is 0.356. The first-order chi connectivity index (χ1) is 12.6. The lowest BCUT2D eigenvalue weighted by atomic mass is 9.95. The highest BCUT2D eigenvalue weighted by Crippen LogP contribution is 2.23. The molecule has 1 aliphatic rings. The first-order valence-corrected chi connectivity index (χ1v) is 9.80. The van der Waals surface area contributed by atoms with E-state index in [0.717, 1.165) is 39.0 Å². The van der Waals surface area contributed by atoms with Gasteiger partial charge in [0.2, 0.25) is 0 Å². The molecule has 0 amide bonds. The molecule has 0 bridgehead atoms. The maximum atomic E-state index is 4.89. The second-order valence-corrected chi connectivity index (χ2v) is 7.62. The number of amidine groups is 1. The van der Waals surface area contributed by atoms with Crippen LogP contribution in [0.15, 0.2) is 47.2 Å². The summed E-state index contributed by atoms with van der Waals surface area (Å²) < 4.78 is 0. The quantitative estimate of drug-likeness (QED) is 0.606. The molecule has 1 atom stereocenters. The van der Waals surface area contributed by atoms with Gasteiger partial charge in [-0.2, -0.15) is 0 Å². The van der Waals surface area contributed by atoms with Crippen LogP contribution in [0, 0.1) is 5.92 Å². The molecule has 0 aliphatic carbocycles. The van der Waals surface area contributed by atoms with Crippen LogP contribution in [-0.2, 0) is 6.42 Å². The van der Waals surface area contributed by atoms with Crippen molar-refractivity contribution in [1.82, 2.24) is 14.8 Å². The summed E-state index contributed by atoms with van der Waals surface area (Å²) in [5.74, 6) is 1.71. The summed E-state index contributed by atoms with van der Waals surface area (Å²) in [6.45, 7) is 9.95. The normalized spacial score (nSPS) is 18.1. The molecule has 3 rings (SSSR count). The van der Waals surface area contributed by atoms with Gasteiger partial charge in [0.15, 0.2) is 0 Å². The molecule has 4 nitrogen and oxygen atoms in total. The molecule has 2 heterocycles. The van der Waals surface area contributed by atoms with Crippen LogP contribution in [0.25, 0.3) is 10.9 Å². The van der Waals surface area contributed by atoms with Gasteiger partial charge in [0.1, 0.15) is 5.84 Å². The number of aromatic nitrogens is 1. The fraction of sp³-hybridized carbons (Fsp3) is 0.500. The third-order valence-electron chi connectivity index (χ3n) is 5.40. The highest BCUT2D eigenvalue weighted by atomic mass is 15.4. The number of nitrogens with one attached hydrogen (secondary N) is 1. The molecular formula is C22H32N4. The second-order valence-electron chi connectivity index (χ2n) is 7.62. The Labute approximate surface area is 157 Å². The molecule has 1 fully saturated rings. The lowest BCUT2D eigenvalue weighted by Gasteiger charge is -2.20. The van der Waals surface area contributed by atoms with Crippen molar-refractivity contribution in [2.45, 2.75) is 40.0 Å². The van der Waals surface area contributed by atoms with Crippen LogP contribution in [0.2, 0.25) is 0 Å². The van der Waals surface area contributed by atoms with E-state index in [4.69, 9.17) is 4.99 Å². The predicted molar refractivity (Wildman–Crippen MR) is 111 cm³/mol. The Hall–Kier alpha value is -2.07. The maximum Gasteiger partial charge on any atom is 0.105 e. The first-order valence-electron chi connectivity index (χ1n) is 9.80. The second kappa shape index (κ2) is 8.54. The van der Waals surface area contributed by atoms with Gasteiger partial charge in [0.25, 0.3) is 0 Å². The number of nitrogens with zero attached hydrogens (tertiary/aromatic N) is 3. The van der Waals surface area contributed by atoms with Crippen LogP contribution in [0.5, 0.6) is 0 Å². The molecule has 1 aliphatic heterocycles. The van der Waals surface area contributed by atoms with E-state index in [0.29, 0.717) is 5.92 Å². The smallest absolute Gasteiger partial charge is 0.105 e. The van der Waals surface area contributed by atoms with E-state index in [2.05, 4.69) is 79.3 Å². The van der Waals surface area contributed by atoms with Crippen molar-refractivity contribution in [2.24, 2.45) is 10.9 Å². The number of aromatic amines is 1. The molecule has 1 unspecified atom stereocenters. The van der Waals surface area contributed by atoms with Gasteiger partial charge in [-0.1, -0.05) is 37.6 Å². The summed E-state index contributed by atoms with van der Waals surface area (Å²) >= 11 is 0. The fourth-order valence-electron chi connectivity index (χ4n) is 3.56. The van der Waals surface area contributed by atoms with E-state index in [9.17, 15) is 0 Å². The molecule has 1 N–H and O–H groups in total. The molecular weight excluding hydrogens is 320 g/mol. The zero-order valence-electron chi connectivity index (χ0n) is 16.6. The Balaban J connectivity index is 1.70. The predicted octanol–water partition coefficient (Wildman–Crippen LogP) is 4.65. The largest absolute Gasteiger partial charge is 0.361 e. The number of hydrogen-bond donors (Lipinski definition) is 1. The van der Waals surface area contributed by atoms with Gasteiger partial charge < -0.3 is 9.88 Å². The van der Waals surface area contributed by atoms with Gasteiger partial charge in [0, 0.05) is 42.8 Å². The van der Waals surface area contributed by atoms with Crippen LogP contribution >= 0.6 is 0 Å². The minimum atomic E-state index is 0.474. The van der Waals surface area contributed by atoms with Gasteiger partial charge in [-0.25, -0.2) is 4.99 Å². The maximum absolute atomic E-state index is 4.89. The molecule has 4 heteroatoms. The van der Waals surface area contributed by atoms with Crippen molar-refractivity contribution in [1.29, 1.82) is 0 Å². The average Bonchev–Trinajstić information content (AvgIpc) is 3.25. The molecule has 1 aromatic carbocycles. The van der Waals surface area contributed by atoms with Crippen molar-refractivity contribution < 1.29 is 0 Å². The Morgan fingerprint density at radius 2 is 2.12 bits per heavy atom. The summed E-state index contributed by atoms with van der Waals surface area (Å²) in [5, 5.41) is 1.34. The molecule has 0 spiro atoms. The van der Waals surface area contributed by atoms with E-state index in [1.54, 1.807) is 0 Å². The molecule has 1 saturated heterocycles. The van der Waals surface area contributed by atoms with Crippen molar-refractivity contribution in [3.05, 3.63) is 47.8 Å². The number of hydrogen-bond acceptors (Lipinski definition) is 2. The monoisotopic (exact) mass is 352 g/mol. The molecule has 140 valence electrons. The summed E-state index contributed by atoms with van der Waals surface area (Å²) in [7, 11) is 2.17. The third kappa shape index (κ3) is 4.36. The first kappa shape index (κ1) is 18.7. The van der Waals surface area contributed by atoms with Gasteiger partial charge in [-0.15, -0.1) is 0 Å². The van der Waals surface area contributed by atoms with Crippen LogP contribution < -0.4 is 0 Å². The Morgan fingerprint density at radius 1 is 1.31 bits per heavy atom. The van der Waals surface area contributed by atoms with Crippen molar-refractivity contribution >= 4 is 16.7 Å². The number of H-pyrrole nitrogens is 1. The van der Waals surface area contributed by atoms with Gasteiger partial charge >= 0.3 is 0 Å². The average molecular weight is 353 g/mol.